The highest BCUT2D eigenvalue weighted by atomic mass is 35.5. The number of hydrogen-bond donors (Lipinski definition) is 2. The van der Waals surface area contributed by atoms with Crippen LogP contribution in [-0.2, 0) is 0 Å². The maximum Gasteiger partial charge on any atom is 0.255 e. The lowest BCUT2D eigenvalue weighted by molar-refractivity contribution is 0.102. The first-order valence-electron chi connectivity index (χ1n) is 5.28. The minimum Gasteiger partial charge on any atom is -0.399 e. The van der Waals surface area contributed by atoms with Crippen LogP contribution in [-0.4, -0.2) is 5.91 Å². The minimum atomic E-state index is -0.830. The fourth-order valence-corrected chi connectivity index (χ4v) is 1.68. The van der Waals surface area contributed by atoms with Gasteiger partial charge in [0.05, 0.1) is 10.7 Å². The van der Waals surface area contributed by atoms with E-state index in [9.17, 15) is 13.6 Å². The maximum atomic E-state index is 13.0. The van der Waals surface area contributed by atoms with E-state index in [1.165, 1.54) is 12.1 Å². The molecule has 3 N–H and O–H groups in total. The van der Waals surface area contributed by atoms with Gasteiger partial charge in [-0.3, -0.25) is 4.79 Å². The molecule has 2 aromatic carbocycles. The van der Waals surface area contributed by atoms with Gasteiger partial charge < -0.3 is 11.1 Å². The van der Waals surface area contributed by atoms with Gasteiger partial charge in [-0.2, -0.15) is 0 Å². The lowest BCUT2D eigenvalue weighted by Crippen LogP contribution is -2.13. The average molecular weight is 283 g/mol. The van der Waals surface area contributed by atoms with Crippen LogP contribution >= 0.6 is 11.6 Å². The summed E-state index contributed by atoms with van der Waals surface area (Å²) in [7, 11) is 0. The molecular formula is C13H9ClF2N2O. The Morgan fingerprint density at radius 1 is 1.11 bits per heavy atom. The van der Waals surface area contributed by atoms with E-state index in [4.69, 9.17) is 17.3 Å². The van der Waals surface area contributed by atoms with Crippen molar-refractivity contribution in [2.75, 3.05) is 11.1 Å². The predicted molar refractivity (Wildman–Crippen MR) is 70.2 cm³/mol. The zero-order valence-corrected chi connectivity index (χ0v) is 10.3. The Balaban J connectivity index is 2.28. The first-order chi connectivity index (χ1) is 8.95. The van der Waals surface area contributed by atoms with Crippen LogP contribution in [0.1, 0.15) is 10.4 Å². The van der Waals surface area contributed by atoms with E-state index in [0.717, 1.165) is 12.1 Å². The minimum absolute atomic E-state index is 0.143. The summed E-state index contributed by atoms with van der Waals surface area (Å²) in [5.41, 5.74) is 6.10. The summed E-state index contributed by atoms with van der Waals surface area (Å²) < 4.78 is 26.0. The second-order valence-electron chi connectivity index (χ2n) is 3.85. The Morgan fingerprint density at radius 2 is 1.74 bits per heavy atom. The van der Waals surface area contributed by atoms with Gasteiger partial charge in [-0.25, -0.2) is 8.78 Å². The van der Waals surface area contributed by atoms with Crippen LogP contribution in [0.4, 0.5) is 20.2 Å². The number of halogens is 3. The molecule has 0 aliphatic carbocycles. The lowest BCUT2D eigenvalue weighted by Gasteiger charge is -2.08. The van der Waals surface area contributed by atoms with Crippen molar-refractivity contribution in [3.63, 3.8) is 0 Å². The van der Waals surface area contributed by atoms with Gasteiger partial charge in [0.15, 0.2) is 0 Å². The van der Waals surface area contributed by atoms with Gasteiger partial charge in [0.1, 0.15) is 11.6 Å². The molecular weight excluding hydrogens is 274 g/mol. The van der Waals surface area contributed by atoms with Crippen LogP contribution in [0.5, 0.6) is 0 Å². The second kappa shape index (κ2) is 5.24. The van der Waals surface area contributed by atoms with E-state index in [-0.39, 0.29) is 16.3 Å². The molecule has 0 aromatic heterocycles. The van der Waals surface area contributed by atoms with Crippen molar-refractivity contribution in [3.8, 4) is 0 Å². The van der Waals surface area contributed by atoms with E-state index in [2.05, 4.69) is 5.32 Å². The maximum absolute atomic E-state index is 13.0. The molecule has 0 fully saturated rings. The van der Waals surface area contributed by atoms with E-state index in [1.54, 1.807) is 6.07 Å². The number of carbonyl (C=O) groups excluding carboxylic acids is 1. The Kier molecular flexibility index (Phi) is 3.66. The average Bonchev–Trinajstić information content (AvgIpc) is 2.32. The Morgan fingerprint density at radius 3 is 2.37 bits per heavy atom. The Bertz CT molecular complexity index is 626. The summed E-state index contributed by atoms with van der Waals surface area (Å²) in [4.78, 5) is 11.8. The molecule has 6 heteroatoms. The molecule has 3 nitrogen and oxygen atoms in total. The molecule has 2 aromatic rings. The molecule has 0 unspecified atom stereocenters. The first-order valence-corrected chi connectivity index (χ1v) is 5.66. The van der Waals surface area contributed by atoms with Crippen molar-refractivity contribution in [2.45, 2.75) is 0 Å². The smallest absolute Gasteiger partial charge is 0.255 e. The fraction of sp³-hybridized carbons (Fsp3) is 0. The summed E-state index contributed by atoms with van der Waals surface area (Å²) >= 11 is 5.87. The third-order valence-electron chi connectivity index (χ3n) is 2.36. The number of benzene rings is 2. The summed E-state index contributed by atoms with van der Waals surface area (Å²) in [6.45, 7) is 0. The standard InChI is InChI=1S/C13H9ClF2N2O/c14-11-2-1-10(17)6-12(11)18-13(19)7-3-8(15)5-9(16)4-7/h1-6H,17H2,(H,18,19). The number of amides is 1. The number of anilines is 2. The molecule has 0 bridgehead atoms. The highest BCUT2D eigenvalue weighted by molar-refractivity contribution is 6.34. The molecule has 0 atom stereocenters. The largest absolute Gasteiger partial charge is 0.399 e. The fourth-order valence-electron chi connectivity index (χ4n) is 1.52. The lowest BCUT2D eigenvalue weighted by atomic mass is 10.2. The number of nitrogen functional groups attached to an aromatic ring is 1. The second-order valence-corrected chi connectivity index (χ2v) is 4.26. The van der Waals surface area contributed by atoms with Crippen molar-refractivity contribution in [1.82, 2.24) is 0 Å². The van der Waals surface area contributed by atoms with Gasteiger partial charge in [-0.1, -0.05) is 11.6 Å². The molecule has 0 spiro atoms. The summed E-state index contributed by atoms with van der Waals surface area (Å²) in [5.74, 6) is -2.33. The van der Waals surface area contributed by atoms with E-state index < -0.39 is 17.5 Å². The van der Waals surface area contributed by atoms with Crippen LogP contribution < -0.4 is 11.1 Å². The van der Waals surface area contributed by atoms with Crippen LogP contribution in [0.25, 0.3) is 0 Å². The summed E-state index contributed by atoms with van der Waals surface area (Å²) in [5, 5.41) is 2.71. The topological polar surface area (TPSA) is 55.1 Å². The van der Waals surface area contributed by atoms with Gasteiger partial charge in [0.2, 0.25) is 0 Å². The normalized spacial score (nSPS) is 10.3. The van der Waals surface area contributed by atoms with Crippen LogP contribution in [0, 0.1) is 11.6 Å². The van der Waals surface area contributed by atoms with Crippen molar-refractivity contribution in [3.05, 3.63) is 58.6 Å². The van der Waals surface area contributed by atoms with Crippen molar-refractivity contribution in [2.24, 2.45) is 0 Å². The van der Waals surface area contributed by atoms with Crippen LogP contribution in [0.2, 0.25) is 5.02 Å². The number of nitrogens with one attached hydrogen (secondary N) is 1. The highest BCUT2D eigenvalue weighted by Crippen LogP contribution is 2.24. The molecule has 19 heavy (non-hydrogen) atoms. The molecule has 0 saturated heterocycles. The molecule has 2 rings (SSSR count). The number of rotatable bonds is 2. The van der Waals surface area contributed by atoms with Crippen molar-refractivity contribution in [1.29, 1.82) is 0 Å². The molecule has 0 radical (unpaired) electrons. The van der Waals surface area contributed by atoms with Crippen LogP contribution in [0.3, 0.4) is 0 Å². The van der Waals surface area contributed by atoms with Crippen LogP contribution in [0.15, 0.2) is 36.4 Å². The molecule has 0 aliphatic heterocycles. The van der Waals surface area contributed by atoms with Gasteiger partial charge in [-0.05, 0) is 30.3 Å². The number of carbonyl (C=O) groups is 1. The molecule has 0 saturated carbocycles. The molecule has 0 aliphatic rings. The van der Waals surface area contributed by atoms with E-state index in [0.29, 0.717) is 11.8 Å². The van der Waals surface area contributed by atoms with Crippen molar-refractivity contribution < 1.29 is 13.6 Å². The Hall–Kier alpha value is -2.14. The third-order valence-corrected chi connectivity index (χ3v) is 2.69. The van der Waals surface area contributed by atoms with Gasteiger partial charge >= 0.3 is 0 Å². The van der Waals surface area contributed by atoms with Crippen molar-refractivity contribution >= 4 is 28.9 Å². The Labute approximate surface area is 113 Å². The predicted octanol–water partition coefficient (Wildman–Crippen LogP) is 3.45. The third kappa shape index (κ3) is 3.20. The summed E-state index contributed by atoms with van der Waals surface area (Å²) in [6, 6.07) is 7.08. The molecule has 1 amide bonds. The van der Waals surface area contributed by atoms with E-state index in [1.807, 2.05) is 0 Å². The SMILES string of the molecule is Nc1ccc(Cl)c(NC(=O)c2cc(F)cc(F)c2)c1. The zero-order chi connectivity index (χ0) is 14.0. The molecule has 0 heterocycles. The monoisotopic (exact) mass is 282 g/mol. The van der Waals surface area contributed by atoms with Gasteiger partial charge in [0.25, 0.3) is 5.91 Å². The number of hydrogen-bond acceptors (Lipinski definition) is 2. The van der Waals surface area contributed by atoms with Gasteiger partial charge in [0, 0.05) is 17.3 Å². The van der Waals surface area contributed by atoms with Gasteiger partial charge in [-0.15, -0.1) is 0 Å². The first kappa shape index (κ1) is 13.3. The number of nitrogens with two attached hydrogens (primary N) is 1. The highest BCUT2D eigenvalue weighted by Gasteiger charge is 2.11. The quantitative estimate of drug-likeness (QED) is 0.829. The zero-order valence-electron chi connectivity index (χ0n) is 9.58. The molecule has 98 valence electrons. The van der Waals surface area contributed by atoms with E-state index >= 15 is 0 Å². The summed E-state index contributed by atoms with van der Waals surface area (Å²) in [6.07, 6.45) is 0.